The Balaban J connectivity index is 3.03. The molecule has 1 heterocycles. The van der Waals surface area contributed by atoms with Crippen molar-refractivity contribution in [2.45, 2.75) is 32.7 Å². The minimum Gasteiger partial charge on any atom is -0.443 e. The molecule has 0 spiro atoms. The fourth-order valence-electron chi connectivity index (χ4n) is 1.54. The molecule has 0 aliphatic rings. The van der Waals surface area contributed by atoms with Gasteiger partial charge < -0.3 is 14.2 Å². The highest BCUT2D eigenvalue weighted by atomic mass is 79.9. The number of carbonyl (C=O) groups excluding carboxylic acids is 1. The van der Waals surface area contributed by atoms with Crippen LogP contribution in [0.3, 0.4) is 0 Å². The van der Waals surface area contributed by atoms with Crippen LogP contribution in [0.15, 0.2) is 16.6 Å². The van der Waals surface area contributed by atoms with E-state index in [1.165, 1.54) is 19.1 Å². The molecule has 0 aliphatic heterocycles. The molecule has 0 fully saturated rings. The highest BCUT2D eigenvalue weighted by molar-refractivity contribution is 9.10. The molecule has 0 radical (unpaired) electrons. The molecule has 1 aromatic rings. The Bertz CT molecular complexity index is 498. The smallest absolute Gasteiger partial charge is 0.415 e. The van der Waals surface area contributed by atoms with Gasteiger partial charge in [0.15, 0.2) is 0 Å². The molecule has 7 heteroatoms. The van der Waals surface area contributed by atoms with Crippen molar-refractivity contribution < 1.29 is 19.0 Å². The molecule has 0 atom stereocenters. The van der Waals surface area contributed by atoms with Gasteiger partial charge in [0.1, 0.15) is 17.1 Å². The lowest BCUT2D eigenvalue weighted by Gasteiger charge is -2.25. The minimum atomic E-state index is -0.619. The SMILES string of the molecule is COC(OC)c1nc(N(C)C(=O)OC(C)(C)C)ccc1Br. The summed E-state index contributed by atoms with van der Waals surface area (Å²) >= 11 is 3.39. The molecule has 0 N–H and O–H groups in total. The molecular weight excluding hydrogens is 340 g/mol. The predicted molar refractivity (Wildman–Crippen MR) is 83.3 cm³/mol. The van der Waals surface area contributed by atoms with Crippen LogP contribution >= 0.6 is 15.9 Å². The number of amides is 1. The first-order valence-corrected chi connectivity index (χ1v) is 7.17. The van der Waals surface area contributed by atoms with Gasteiger partial charge in [0.05, 0.1) is 0 Å². The average Bonchev–Trinajstić information content (AvgIpc) is 2.39. The number of rotatable bonds is 4. The summed E-state index contributed by atoms with van der Waals surface area (Å²) in [5.74, 6) is 0.446. The van der Waals surface area contributed by atoms with Crippen LogP contribution < -0.4 is 4.90 Å². The van der Waals surface area contributed by atoms with Crippen molar-refractivity contribution in [3.63, 3.8) is 0 Å². The molecule has 0 unspecified atom stereocenters. The third-order valence-electron chi connectivity index (χ3n) is 2.52. The van der Waals surface area contributed by atoms with Crippen molar-refractivity contribution in [2.75, 3.05) is 26.2 Å². The molecule has 0 bridgehead atoms. The van der Waals surface area contributed by atoms with Crippen LogP contribution in [0.4, 0.5) is 10.6 Å². The monoisotopic (exact) mass is 360 g/mol. The van der Waals surface area contributed by atoms with Crippen molar-refractivity contribution in [1.82, 2.24) is 4.98 Å². The lowest BCUT2D eigenvalue weighted by Crippen LogP contribution is -2.34. The summed E-state index contributed by atoms with van der Waals surface area (Å²) in [4.78, 5) is 17.8. The number of nitrogens with zero attached hydrogens (tertiary/aromatic N) is 2. The van der Waals surface area contributed by atoms with Gasteiger partial charge >= 0.3 is 6.09 Å². The molecule has 1 aromatic heterocycles. The van der Waals surface area contributed by atoms with Gasteiger partial charge in [-0.25, -0.2) is 9.78 Å². The maximum Gasteiger partial charge on any atom is 0.415 e. The van der Waals surface area contributed by atoms with Crippen LogP contribution in [0.25, 0.3) is 0 Å². The van der Waals surface area contributed by atoms with Crippen molar-refractivity contribution in [2.24, 2.45) is 0 Å². The van der Waals surface area contributed by atoms with Crippen molar-refractivity contribution in [1.29, 1.82) is 0 Å². The van der Waals surface area contributed by atoms with E-state index in [-0.39, 0.29) is 0 Å². The van der Waals surface area contributed by atoms with Crippen LogP contribution in [0.2, 0.25) is 0 Å². The largest absolute Gasteiger partial charge is 0.443 e. The Hall–Kier alpha value is -1.18. The molecule has 21 heavy (non-hydrogen) atoms. The summed E-state index contributed by atoms with van der Waals surface area (Å²) in [6.07, 6.45) is -1.10. The average molecular weight is 361 g/mol. The van der Waals surface area contributed by atoms with E-state index in [4.69, 9.17) is 14.2 Å². The van der Waals surface area contributed by atoms with Gasteiger partial charge in [0.2, 0.25) is 6.29 Å². The number of anilines is 1. The number of hydrogen-bond donors (Lipinski definition) is 0. The molecule has 0 saturated heterocycles. The Morgan fingerprint density at radius 1 is 1.29 bits per heavy atom. The van der Waals surface area contributed by atoms with E-state index in [9.17, 15) is 4.79 Å². The first kappa shape index (κ1) is 17.9. The Labute approximate surface area is 133 Å². The number of aromatic nitrogens is 1. The molecular formula is C14H21BrN2O4. The zero-order valence-electron chi connectivity index (χ0n) is 13.1. The Morgan fingerprint density at radius 3 is 2.33 bits per heavy atom. The molecule has 118 valence electrons. The number of ether oxygens (including phenoxy) is 3. The fourth-order valence-corrected chi connectivity index (χ4v) is 1.95. The van der Waals surface area contributed by atoms with Crippen molar-refractivity contribution in [3.05, 3.63) is 22.3 Å². The maximum atomic E-state index is 12.1. The van der Waals surface area contributed by atoms with Crippen LogP contribution in [0.1, 0.15) is 32.8 Å². The van der Waals surface area contributed by atoms with Gasteiger partial charge in [0.25, 0.3) is 0 Å². The van der Waals surface area contributed by atoms with E-state index >= 15 is 0 Å². The highest BCUT2D eigenvalue weighted by Crippen LogP contribution is 2.27. The third kappa shape index (κ3) is 4.94. The van der Waals surface area contributed by atoms with E-state index in [1.54, 1.807) is 19.2 Å². The number of pyridine rings is 1. The summed E-state index contributed by atoms with van der Waals surface area (Å²) in [6, 6.07) is 3.49. The van der Waals surface area contributed by atoms with Gasteiger partial charge in [-0.15, -0.1) is 0 Å². The van der Waals surface area contributed by atoms with Crippen molar-refractivity contribution >= 4 is 27.8 Å². The topological polar surface area (TPSA) is 60.9 Å². The lowest BCUT2D eigenvalue weighted by molar-refractivity contribution is -0.109. The Morgan fingerprint density at radius 2 is 1.86 bits per heavy atom. The van der Waals surface area contributed by atoms with Crippen LogP contribution in [-0.2, 0) is 14.2 Å². The molecule has 0 saturated carbocycles. The van der Waals surface area contributed by atoms with Gasteiger partial charge in [-0.1, -0.05) is 0 Å². The molecule has 0 aromatic carbocycles. The number of carbonyl (C=O) groups is 1. The van der Waals surface area contributed by atoms with E-state index < -0.39 is 18.0 Å². The van der Waals surface area contributed by atoms with Gasteiger partial charge in [-0.3, -0.25) is 4.90 Å². The predicted octanol–water partition coefficient (Wildman–Crippen LogP) is 3.51. The van der Waals surface area contributed by atoms with Gasteiger partial charge in [-0.05, 0) is 48.8 Å². The van der Waals surface area contributed by atoms with E-state index in [0.29, 0.717) is 11.5 Å². The molecule has 1 amide bonds. The maximum absolute atomic E-state index is 12.1. The summed E-state index contributed by atoms with van der Waals surface area (Å²) in [7, 11) is 4.64. The summed E-state index contributed by atoms with van der Waals surface area (Å²) in [5, 5.41) is 0. The van der Waals surface area contributed by atoms with Crippen LogP contribution in [0, 0.1) is 0 Å². The number of halogens is 1. The zero-order chi connectivity index (χ0) is 16.2. The van der Waals surface area contributed by atoms with Crippen molar-refractivity contribution in [3.8, 4) is 0 Å². The van der Waals surface area contributed by atoms with E-state index in [0.717, 1.165) is 4.47 Å². The van der Waals surface area contributed by atoms with Gasteiger partial charge in [-0.2, -0.15) is 0 Å². The number of hydrogen-bond acceptors (Lipinski definition) is 5. The quantitative estimate of drug-likeness (QED) is 0.768. The second-order valence-electron chi connectivity index (χ2n) is 5.38. The van der Waals surface area contributed by atoms with Gasteiger partial charge in [0, 0.05) is 25.7 Å². The fraction of sp³-hybridized carbons (Fsp3) is 0.571. The summed E-state index contributed by atoms with van der Waals surface area (Å²) in [5.41, 5.74) is -0.0154. The summed E-state index contributed by atoms with van der Waals surface area (Å²) < 4.78 is 16.4. The van der Waals surface area contributed by atoms with E-state index in [1.807, 2.05) is 20.8 Å². The highest BCUT2D eigenvalue weighted by Gasteiger charge is 2.23. The first-order valence-electron chi connectivity index (χ1n) is 6.38. The lowest BCUT2D eigenvalue weighted by atomic mass is 10.2. The second kappa shape index (κ2) is 7.20. The normalized spacial score (nSPS) is 11.6. The van der Waals surface area contributed by atoms with Crippen LogP contribution in [-0.4, -0.2) is 37.9 Å². The molecule has 6 nitrogen and oxygen atoms in total. The molecule has 1 rings (SSSR count). The Kier molecular flexibility index (Phi) is 6.12. The standard InChI is InChI=1S/C14H21BrN2O4/c1-14(2,3)21-13(18)17(4)10-8-7-9(15)11(16-10)12(19-5)20-6/h7-8,12H,1-6H3. The molecule has 0 aliphatic carbocycles. The third-order valence-corrected chi connectivity index (χ3v) is 3.19. The summed E-state index contributed by atoms with van der Waals surface area (Å²) in [6.45, 7) is 5.43. The van der Waals surface area contributed by atoms with E-state index in [2.05, 4.69) is 20.9 Å². The zero-order valence-corrected chi connectivity index (χ0v) is 14.7. The second-order valence-corrected chi connectivity index (χ2v) is 6.23. The first-order chi connectivity index (χ1) is 9.69. The van der Waals surface area contributed by atoms with Crippen LogP contribution in [0.5, 0.6) is 0 Å². The number of methoxy groups -OCH3 is 2. The minimum absolute atomic E-state index is 0.446.